The Bertz CT molecular complexity index is 852. The molecule has 0 saturated carbocycles. The second-order valence-corrected chi connectivity index (χ2v) is 5.45. The normalized spacial score (nSPS) is 18.9. The summed E-state index contributed by atoms with van der Waals surface area (Å²) in [4.78, 5) is 24.6. The van der Waals surface area contributed by atoms with E-state index < -0.39 is 35.3 Å². The monoisotopic (exact) mass is 333 g/mol. The van der Waals surface area contributed by atoms with Crippen molar-refractivity contribution in [3.63, 3.8) is 0 Å². The summed E-state index contributed by atoms with van der Waals surface area (Å²) in [5, 5.41) is 13.1. The molecule has 1 atom stereocenters. The molecule has 5 nitrogen and oxygen atoms in total. The zero-order valence-corrected chi connectivity index (χ0v) is 12.6. The van der Waals surface area contributed by atoms with Crippen LogP contribution < -0.4 is 10.1 Å². The number of Topliss-reactive ketones (excluding diaryl/α,β-unsaturated/α-hetero) is 1. The number of methoxy groups -OCH3 is 1. The van der Waals surface area contributed by atoms with E-state index in [1.807, 2.05) is 0 Å². The lowest BCUT2D eigenvalue weighted by atomic mass is 9.88. The van der Waals surface area contributed by atoms with E-state index in [4.69, 9.17) is 4.74 Å². The first-order valence-corrected chi connectivity index (χ1v) is 7.06. The molecule has 0 radical (unpaired) electrons. The topological polar surface area (TPSA) is 75.6 Å². The summed E-state index contributed by atoms with van der Waals surface area (Å²) in [6, 6.07) is 6.75. The molecule has 0 saturated heterocycles. The van der Waals surface area contributed by atoms with Crippen LogP contribution in [0.15, 0.2) is 36.4 Å². The SMILES string of the molecule is COc1cc(F)ccc1C(=O)C[C@@]1(O)C(=O)Nc2ccc(F)cc21. The maximum absolute atomic E-state index is 13.5. The van der Waals surface area contributed by atoms with E-state index in [2.05, 4.69) is 5.32 Å². The molecular weight excluding hydrogens is 320 g/mol. The lowest BCUT2D eigenvalue weighted by Gasteiger charge is -2.20. The maximum atomic E-state index is 13.5. The van der Waals surface area contributed by atoms with Crippen molar-refractivity contribution >= 4 is 17.4 Å². The molecule has 24 heavy (non-hydrogen) atoms. The number of aliphatic hydroxyl groups is 1. The molecule has 1 heterocycles. The van der Waals surface area contributed by atoms with Crippen LogP contribution in [0.2, 0.25) is 0 Å². The number of ketones is 1. The van der Waals surface area contributed by atoms with Crippen molar-refractivity contribution in [2.75, 3.05) is 12.4 Å². The Kier molecular flexibility index (Phi) is 3.81. The predicted molar refractivity (Wildman–Crippen MR) is 80.8 cm³/mol. The highest BCUT2D eigenvalue weighted by atomic mass is 19.1. The van der Waals surface area contributed by atoms with Crippen LogP contribution in [0.3, 0.4) is 0 Å². The molecule has 0 unspecified atom stereocenters. The highest BCUT2D eigenvalue weighted by Crippen LogP contribution is 2.40. The summed E-state index contributed by atoms with van der Waals surface area (Å²) in [5.41, 5.74) is -1.96. The van der Waals surface area contributed by atoms with Crippen LogP contribution in [0.5, 0.6) is 5.75 Å². The molecule has 1 aliphatic rings. The van der Waals surface area contributed by atoms with Gasteiger partial charge in [0.05, 0.1) is 19.1 Å². The zero-order chi connectivity index (χ0) is 17.5. The number of nitrogens with one attached hydrogen (secondary N) is 1. The molecule has 3 rings (SSSR count). The lowest BCUT2D eigenvalue weighted by Crippen LogP contribution is -2.36. The average molecular weight is 333 g/mol. The standard InChI is InChI=1S/C17H13F2NO4/c1-24-15-7-10(19)2-4-11(15)14(21)8-17(23)12-6-9(18)3-5-13(12)20-16(17)22/h2-7,23H,8H2,1H3,(H,20,22)/t17-/m0/s1. The van der Waals surface area contributed by atoms with Crippen LogP contribution in [0, 0.1) is 11.6 Å². The Hall–Kier alpha value is -2.80. The largest absolute Gasteiger partial charge is 0.496 e. The van der Waals surface area contributed by atoms with Crippen molar-refractivity contribution in [3.8, 4) is 5.75 Å². The van der Waals surface area contributed by atoms with Crippen molar-refractivity contribution in [1.29, 1.82) is 0 Å². The van der Waals surface area contributed by atoms with Gasteiger partial charge in [0.25, 0.3) is 5.91 Å². The minimum Gasteiger partial charge on any atom is -0.496 e. The van der Waals surface area contributed by atoms with E-state index in [1.165, 1.54) is 19.2 Å². The third kappa shape index (κ3) is 2.52. The van der Waals surface area contributed by atoms with Gasteiger partial charge in [0.1, 0.15) is 17.4 Å². The Morgan fingerprint density at radius 1 is 1.21 bits per heavy atom. The molecule has 0 spiro atoms. The average Bonchev–Trinajstić information content (AvgIpc) is 2.78. The summed E-state index contributed by atoms with van der Waals surface area (Å²) in [5.74, 6) is -2.70. The smallest absolute Gasteiger partial charge is 0.261 e. The molecule has 2 N–H and O–H groups in total. The van der Waals surface area contributed by atoms with E-state index in [0.717, 1.165) is 24.3 Å². The molecule has 124 valence electrons. The Labute approximate surface area is 135 Å². The second-order valence-electron chi connectivity index (χ2n) is 5.45. The number of anilines is 1. The molecule has 1 aliphatic heterocycles. The molecule has 0 fully saturated rings. The van der Waals surface area contributed by atoms with Crippen LogP contribution in [-0.2, 0) is 10.4 Å². The van der Waals surface area contributed by atoms with Gasteiger partial charge in [-0.2, -0.15) is 0 Å². The van der Waals surface area contributed by atoms with Crippen LogP contribution in [-0.4, -0.2) is 23.9 Å². The van der Waals surface area contributed by atoms with Gasteiger partial charge >= 0.3 is 0 Å². The van der Waals surface area contributed by atoms with Crippen molar-refractivity contribution in [2.24, 2.45) is 0 Å². The highest BCUT2D eigenvalue weighted by Gasteiger charge is 2.47. The molecule has 0 aliphatic carbocycles. The van der Waals surface area contributed by atoms with Gasteiger partial charge in [-0.05, 0) is 30.3 Å². The molecule has 0 bridgehead atoms. The minimum absolute atomic E-state index is 0.0121. The third-order valence-corrected chi connectivity index (χ3v) is 3.93. The molecule has 0 aromatic heterocycles. The summed E-state index contributed by atoms with van der Waals surface area (Å²) < 4.78 is 31.7. The Balaban J connectivity index is 1.98. The van der Waals surface area contributed by atoms with Gasteiger partial charge < -0.3 is 15.2 Å². The zero-order valence-electron chi connectivity index (χ0n) is 12.6. The van der Waals surface area contributed by atoms with E-state index in [0.29, 0.717) is 0 Å². The van der Waals surface area contributed by atoms with Crippen LogP contribution >= 0.6 is 0 Å². The van der Waals surface area contributed by atoms with E-state index in [-0.39, 0.29) is 22.6 Å². The van der Waals surface area contributed by atoms with Crippen molar-refractivity contribution in [3.05, 3.63) is 59.2 Å². The number of rotatable bonds is 4. The number of hydrogen-bond acceptors (Lipinski definition) is 4. The summed E-state index contributed by atoms with van der Waals surface area (Å²) in [7, 11) is 1.27. The molecule has 7 heteroatoms. The quantitative estimate of drug-likeness (QED) is 0.843. The fraction of sp³-hybridized carbons (Fsp3) is 0.176. The van der Waals surface area contributed by atoms with Crippen molar-refractivity contribution in [2.45, 2.75) is 12.0 Å². The van der Waals surface area contributed by atoms with E-state index in [9.17, 15) is 23.5 Å². The molecule has 1 amide bonds. The Morgan fingerprint density at radius 2 is 1.88 bits per heavy atom. The number of benzene rings is 2. The number of carbonyl (C=O) groups excluding carboxylic acids is 2. The molecule has 2 aromatic carbocycles. The second kappa shape index (κ2) is 5.68. The van der Waals surface area contributed by atoms with Gasteiger partial charge in [-0.3, -0.25) is 9.59 Å². The van der Waals surface area contributed by atoms with Crippen molar-refractivity contribution < 1.29 is 28.2 Å². The van der Waals surface area contributed by atoms with Gasteiger partial charge in [-0.25, -0.2) is 8.78 Å². The lowest BCUT2D eigenvalue weighted by molar-refractivity contribution is -0.133. The number of halogens is 2. The predicted octanol–water partition coefficient (Wildman–Crippen LogP) is 2.39. The van der Waals surface area contributed by atoms with Gasteiger partial charge in [-0.1, -0.05) is 0 Å². The third-order valence-electron chi connectivity index (χ3n) is 3.93. The first-order valence-electron chi connectivity index (χ1n) is 7.06. The first-order chi connectivity index (χ1) is 11.3. The minimum atomic E-state index is -2.20. The fourth-order valence-electron chi connectivity index (χ4n) is 2.71. The maximum Gasteiger partial charge on any atom is 0.261 e. The van der Waals surface area contributed by atoms with E-state index in [1.54, 1.807) is 0 Å². The molecule has 2 aromatic rings. The fourth-order valence-corrected chi connectivity index (χ4v) is 2.71. The van der Waals surface area contributed by atoms with Crippen LogP contribution in [0.1, 0.15) is 22.3 Å². The highest BCUT2D eigenvalue weighted by molar-refractivity contribution is 6.09. The Morgan fingerprint density at radius 3 is 2.58 bits per heavy atom. The first kappa shape index (κ1) is 16.1. The molecular formula is C17H13F2NO4. The van der Waals surface area contributed by atoms with Gasteiger partial charge in [0.15, 0.2) is 11.4 Å². The van der Waals surface area contributed by atoms with Gasteiger partial charge in [0.2, 0.25) is 0 Å². The number of carbonyl (C=O) groups is 2. The van der Waals surface area contributed by atoms with Gasteiger partial charge in [0, 0.05) is 17.3 Å². The number of fused-ring (bicyclic) bond motifs is 1. The van der Waals surface area contributed by atoms with Crippen molar-refractivity contribution in [1.82, 2.24) is 0 Å². The number of ether oxygens (including phenoxy) is 1. The summed E-state index contributed by atoms with van der Waals surface area (Å²) in [6.07, 6.45) is -0.628. The summed E-state index contributed by atoms with van der Waals surface area (Å²) >= 11 is 0. The number of amides is 1. The number of hydrogen-bond donors (Lipinski definition) is 2. The summed E-state index contributed by atoms with van der Waals surface area (Å²) in [6.45, 7) is 0. The van der Waals surface area contributed by atoms with Gasteiger partial charge in [-0.15, -0.1) is 0 Å². The van der Waals surface area contributed by atoms with E-state index >= 15 is 0 Å². The van der Waals surface area contributed by atoms with Crippen LogP contribution in [0.25, 0.3) is 0 Å². The van der Waals surface area contributed by atoms with Crippen LogP contribution in [0.4, 0.5) is 14.5 Å².